The van der Waals surface area contributed by atoms with Crippen molar-refractivity contribution in [1.82, 2.24) is 0 Å². The Hall–Kier alpha value is -1.47. The van der Waals surface area contributed by atoms with E-state index in [9.17, 15) is 18.3 Å². The Bertz CT molecular complexity index is 419. The summed E-state index contributed by atoms with van der Waals surface area (Å²) in [5, 5.41) is 9.66. The third kappa shape index (κ3) is 3.27. The van der Waals surface area contributed by atoms with E-state index in [2.05, 4.69) is 4.74 Å². The lowest BCUT2D eigenvalue weighted by molar-refractivity contribution is -0.179. The van der Waals surface area contributed by atoms with E-state index in [4.69, 9.17) is 9.47 Å². The Balaban J connectivity index is 1.91. The predicted molar refractivity (Wildman–Crippen MR) is 54.4 cm³/mol. The van der Waals surface area contributed by atoms with Gasteiger partial charge in [-0.2, -0.15) is 13.2 Å². The first-order chi connectivity index (χ1) is 8.46. The lowest BCUT2D eigenvalue weighted by Gasteiger charge is -2.13. The molecular formula is C11H11F3O4. The first kappa shape index (κ1) is 13.0. The highest BCUT2D eigenvalue weighted by Crippen LogP contribution is 2.34. The lowest BCUT2D eigenvalue weighted by Crippen LogP contribution is -2.19. The van der Waals surface area contributed by atoms with Crippen LogP contribution in [0.3, 0.4) is 0 Å². The molecule has 0 saturated carbocycles. The topological polar surface area (TPSA) is 47.9 Å². The zero-order chi connectivity index (χ0) is 13.2. The van der Waals surface area contributed by atoms with Gasteiger partial charge in [0.15, 0.2) is 11.5 Å². The van der Waals surface area contributed by atoms with Gasteiger partial charge in [0.25, 0.3) is 0 Å². The fraction of sp³-hybridized carbons (Fsp3) is 0.455. The van der Waals surface area contributed by atoms with Gasteiger partial charge in [0.05, 0.1) is 6.61 Å². The first-order valence-electron chi connectivity index (χ1n) is 5.18. The van der Waals surface area contributed by atoms with Crippen molar-refractivity contribution in [3.05, 3.63) is 23.8 Å². The molecular weight excluding hydrogens is 253 g/mol. The number of rotatable bonds is 4. The highest BCUT2D eigenvalue weighted by atomic mass is 19.4. The Morgan fingerprint density at radius 3 is 2.72 bits per heavy atom. The molecule has 100 valence electrons. The van der Waals surface area contributed by atoms with Crippen LogP contribution in [0.15, 0.2) is 18.2 Å². The monoisotopic (exact) mass is 264 g/mol. The molecule has 0 spiro atoms. The smallest absolute Gasteiger partial charge is 0.411 e. The standard InChI is InChI=1S/C11H11F3O4/c12-11(13,14)5-16-4-8(15)7-1-2-9-10(3-7)18-6-17-9/h1-3,8,15H,4-6H2. The molecule has 2 rings (SSSR count). The molecule has 18 heavy (non-hydrogen) atoms. The van der Waals surface area contributed by atoms with Crippen molar-refractivity contribution in [1.29, 1.82) is 0 Å². The van der Waals surface area contributed by atoms with Crippen LogP contribution in [0.2, 0.25) is 0 Å². The Labute approximate surface area is 101 Å². The van der Waals surface area contributed by atoms with Gasteiger partial charge >= 0.3 is 6.18 Å². The molecule has 0 bridgehead atoms. The Morgan fingerprint density at radius 2 is 2.00 bits per heavy atom. The average Bonchev–Trinajstić information content (AvgIpc) is 2.73. The van der Waals surface area contributed by atoms with Crippen molar-refractivity contribution in [2.75, 3.05) is 20.0 Å². The van der Waals surface area contributed by atoms with E-state index in [-0.39, 0.29) is 6.79 Å². The van der Waals surface area contributed by atoms with Gasteiger partial charge in [-0.05, 0) is 17.7 Å². The van der Waals surface area contributed by atoms with Crippen LogP contribution in [0.5, 0.6) is 11.5 Å². The van der Waals surface area contributed by atoms with Crippen molar-refractivity contribution in [3.8, 4) is 11.5 Å². The third-order valence-corrected chi connectivity index (χ3v) is 2.32. The average molecular weight is 264 g/mol. The summed E-state index contributed by atoms with van der Waals surface area (Å²) in [4.78, 5) is 0. The highest BCUT2D eigenvalue weighted by molar-refractivity contribution is 5.45. The van der Waals surface area contributed by atoms with Gasteiger partial charge in [0.2, 0.25) is 6.79 Å². The molecule has 0 fully saturated rings. The summed E-state index contributed by atoms with van der Waals surface area (Å²) in [5.41, 5.74) is 0.418. The van der Waals surface area contributed by atoms with Crippen molar-refractivity contribution >= 4 is 0 Å². The zero-order valence-electron chi connectivity index (χ0n) is 9.24. The summed E-state index contributed by atoms with van der Waals surface area (Å²) < 4.78 is 50.1. The summed E-state index contributed by atoms with van der Waals surface area (Å²) in [6.45, 7) is -1.72. The normalized spacial score (nSPS) is 15.8. The largest absolute Gasteiger partial charge is 0.454 e. The molecule has 1 heterocycles. The summed E-state index contributed by atoms with van der Waals surface area (Å²) in [6, 6.07) is 4.66. The van der Waals surface area contributed by atoms with Crippen molar-refractivity contribution in [2.45, 2.75) is 12.3 Å². The summed E-state index contributed by atoms with van der Waals surface area (Å²) >= 11 is 0. The minimum absolute atomic E-state index is 0.0967. The van der Waals surface area contributed by atoms with Crippen LogP contribution >= 0.6 is 0 Å². The number of aliphatic hydroxyl groups excluding tert-OH is 1. The maximum atomic E-state index is 11.8. The number of hydrogen-bond donors (Lipinski definition) is 1. The molecule has 0 saturated heterocycles. The molecule has 7 heteroatoms. The number of ether oxygens (including phenoxy) is 3. The molecule has 1 aliphatic rings. The van der Waals surface area contributed by atoms with Crippen LogP contribution in [0.25, 0.3) is 0 Å². The number of fused-ring (bicyclic) bond motifs is 1. The molecule has 1 aliphatic heterocycles. The Morgan fingerprint density at radius 1 is 1.28 bits per heavy atom. The number of hydrogen-bond acceptors (Lipinski definition) is 4. The van der Waals surface area contributed by atoms with E-state index in [0.717, 1.165) is 0 Å². The number of halogens is 3. The number of benzene rings is 1. The fourth-order valence-corrected chi connectivity index (χ4v) is 1.50. The maximum absolute atomic E-state index is 11.8. The second kappa shape index (κ2) is 5.03. The van der Waals surface area contributed by atoms with Crippen LogP contribution in [-0.2, 0) is 4.74 Å². The van der Waals surface area contributed by atoms with Gasteiger partial charge in [0, 0.05) is 0 Å². The van der Waals surface area contributed by atoms with E-state index in [0.29, 0.717) is 17.1 Å². The van der Waals surface area contributed by atoms with Gasteiger partial charge in [-0.15, -0.1) is 0 Å². The van der Waals surface area contributed by atoms with Crippen molar-refractivity contribution < 1.29 is 32.5 Å². The maximum Gasteiger partial charge on any atom is 0.411 e. The molecule has 1 unspecified atom stereocenters. The number of aliphatic hydroxyl groups is 1. The molecule has 1 atom stereocenters. The van der Waals surface area contributed by atoms with Crippen LogP contribution in [-0.4, -0.2) is 31.3 Å². The molecule has 0 aromatic heterocycles. The van der Waals surface area contributed by atoms with Crippen LogP contribution < -0.4 is 9.47 Å². The van der Waals surface area contributed by atoms with Gasteiger partial charge < -0.3 is 19.3 Å². The Kier molecular flexibility index (Phi) is 3.63. The molecule has 1 aromatic rings. The van der Waals surface area contributed by atoms with Crippen LogP contribution in [0, 0.1) is 0 Å². The van der Waals surface area contributed by atoms with E-state index in [1.165, 1.54) is 6.07 Å². The van der Waals surface area contributed by atoms with Gasteiger partial charge in [-0.25, -0.2) is 0 Å². The van der Waals surface area contributed by atoms with E-state index < -0.39 is 25.5 Å². The minimum Gasteiger partial charge on any atom is -0.454 e. The molecule has 0 radical (unpaired) electrons. The SMILES string of the molecule is OC(COCC(F)(F)F)c1ccc2c(c1)OCO2. The quantitative estimate of drug-likeness (QED) is 0.904. The highest BCUT2D eigenvalue weighted by Gasteiger charge is 2.28. The lowest BCUT2D eigenvalue weighted by atomic mass is 10.1. The van der Waals surface area contributed by atoms with Crippen molar-refractivity contribution in [2.24, 2.45) is 0 Å². The molecule has 0 aliphatic carbocycles. The molecule has 4 nitrogen and oxygen atoms in total. The fourth-order valence-electron chi connectivity index (χ4n) is 1.50. The van der Waals surface area contributed by atoms with Crippen LogP contribution in [0.1, 0.15) is 11.7 Å². The second-order valence-corrected chi connectivity index (χ2v) is 3.76. The van der Waals surface area contributed by atoms with Gasteiger partial charge in [-0.3, -0.25) is 0 Å². The summed E-state index contributed by atoms with van der Waals surface area (Å²) in [6.07, 6.45) is -5.53. The zero-order valence-corrected chi connectivity index (χ0v) is 9.24. The van der Waals surface area contributed by atoms with Crippen LogP contribution in [0.4, 0.5) is 13.2 Å². The predicted octanol–water partition coefficient (Wildman–Crippen LogP) is 2.03. The van der Waals surface area contributed by atoms with E-state index >= 15 is 0 Å². The summed E-state index contributed by atoms with van der Waals surface area (Å²) in [7, 11) is 0. The van der Waals surface area contributed by atoms with E-state index in [1.54, 1.807) is 12.1 Å². The summed E-state index contributed by atoms with van der Waals surface area (Å²) in [5.74, 6) is 1.00. The van der Waals surface area contributed by atoms with E-state index in [1.807, 2.05) is 0 Å². The van der Waals surface area contributed by atoms with Gasteiger partial charge in [0.1, 0.15) is 12.7 Å². The minimum atomic E-state index is -4.39. The van der Waals surface area contributed by atoms with Gasteiger partial charge in [-0.1, -0.05) is 6.07 Å². The first-order valence-corrected chi connectivity index (χ1v) is 5.18. The third-order valence-electron chi connectivity index (χ3n) is 2.32. The molecule has 1 aromatic carbocycles. The molecule has 0 amide bonds. The molecule has 1 N–H and O–H groups in total. The second-order valence-electron chi connectivity index (χ2n) is 3.76. The number of alkyl halides is 3. The van der Waals surface area contributed by atoms with Crippen molar-refractivity contribution in [3.63, 3.8) is 0 Å².